The minimum Gasteiger partial charge on any atom is -0.344 e. The van der Waals surface area contributed by atoms with Crippen LogP contribution < -0.4 is 6.15 Å². The highest BCUT2D eigenvalue weighted by Crippen LogP contribution is 2.41. The van der Waals surface area contributed by atoms with Crippen LogP contribution in [0.15, 0.2) is 0 Å². The first-order valence-corrected chi connectivity index (χ1v) is 10.2. The fraction of sp³-hybridized carbons (Fsp3) is 1.00. The Morgan fingerprint density at radius 1 is 0.636 bits per heavy atom. The lowest BCUT2D eigenvalue weighted by Gasteiger charge is -2.36. The first-order chi connectivity index (χ1) is 10.1. The molecule has 0 aliphatic heterocycles. The van der Waals surface area contributed by atoms with E-state index in [1.807, 2.05) is 0 Å². The monoisotopic (exact) mass is 333 g/mol. The van der Waals surface area contributed by atoms with Crippen LogP contribution in [0.4, 0.5) is 0 Å². The van der Waals surface area contributed by atoms with Crippen LogP contribution in [0.1, 0.15) is 118 Å². The summed E-state index contributed by atoms with van der Waals surface area (Å²) in [4.78, 5) is 0.0907. The van der Waals surface area contributed by atoms with Crippen LogP contribution in [-0.2, 0) is 0 Å². The Labute approximate surface area is 146 Å². The van der Waals surface area contributed by atoms with E-state index >= 15 is 0 Å². The number of hydrogen-bond donors (Lipinski definition) is 1. The molecule has 1 nitrogen and oxygen atoms in total. The highest BCUT2D eigenvalue weighted by molar-refractivity contribution is 6.24. The average molecular weight is 334 g/mol. The third-order valence-corrected chi connectivity index (χ3v) is 5.62. The summed E-state index contributed by atoms with van der Waals surface area (Å²) < 4.78 is 0. The average Bonchev–Trinajstić information content (AvgIpc) is 2.50. The second kappa shape index (κ2) is 16.1. The molecule has 0 aromatic heterocycles. The SMILES string of the molecule is CCCCCCC(CCCC)C(Cl)(CCCC)CCCC.N. The Kier molecular flexibility index (Phi) is 18.0. The van der Waals surface area contributed by atoms with Crippen molar-refractivity contribution in [2.75, 3.05) is 0 Å². The summed E-state index contributed by atoms with van der Waals surface area (Å²) in [6, 6.07) is 0. The van der Waals surface area contributed by atoms with Gasteiger partial charge in [-0.1, -0.05) is 91.9 Å². The predicted octanol–water partition coefficient (Wildman–Crippen LogP) is 8.28. The van der Waals surface area contributed by atoms with Gasteiger partial charge in [-0.2, -0.15) is 0 Å². The zero-order chi connectivity index (χ0) is 16.0. The van der Waals surface area contributed by atoms with E-state index in [0.29, 0.717) is 0 Å². The first-order valence-electron chi connectivity index (χ1n) is 9.83. The largest absolute Gasteiger partial charge is 0.344 e. The van der Waals surface area contributed by atoms with Gasteiger partial charge in [0.1, 0.15) is 0 Å². The zero-order valence-corrected chi connectivity index (χ0v) is 16.8. The van der Waals surface area contributed by atoms with E-state index in [1.165, 1.54) is 89.9 Å². The number of alkyl halides is 1. The maximum atomic E-state index is 7.21. The van der Waals surface area contributed by atoms with Crippen LogP contribution in [0.5, 0.6) is 0 Å². The quantitative estimate of drug-likeness (QED) is 0.237. The molecule has 0 bridgehead atoms. The summed E-state index contributed by atoms with van der Waals surface area (Å²) in [6.07, 6.45) is 18.5. The lowest BCUT2D eigenvalue weighted by Crippen LogP contribution is -2.32. The van der Waals surface area contributed by atoms with E-state index in [4.69, 9.17) is 11.6 Å². The molecule has 136 valence electrons. The molecule has 0 spiro atoms. The standard InChI is InChI=1S/C20H41Cl.H3N/c1-5-9-13-14-16-19(15-10-6-2)20(21,17-11-7-3)18-12-8-4;/h19H,5-18H2,1-4H3;1H3. The molecule has 0 radical (unpaired) electrons. The molecule has 0 saturated carbocycles. The van der Waals surface area contributed by atoms with Crippen LogP contribution in [-0.4, -0.2) is 4.87 Å². The summed E-state index contributed by atoms with van der Waals surface area (Å²) >= 11 is 7.21. The molecular weight excluding hydrogens is 290 g/mol. The molecule has 3 N–H and O–H groups in total. The lowest BCUT2D eigenvalue weighted by atomic mass is 9.77. The number of unbranched alkanes of at least 4 members (excludes halogenated alkanes) is 6. The highest BCUT2D eigenvalue weighted by Gasteiger charge is 2.34. The van der Waals surface area contributed by atoms with Gasteiger partial charge in [0.25, 0.3) is 0 Å². The van der Waals surface area contributed by atoms with Gasteiger partial charge < -0.3 is 6.15 Å². The third kappa shape index (κ3) is 10.9. The van der Waals surface area contributed by atoms with Crippen LogP contribution in [0, 0.1) is 5.92 Å². The van der Waals surface area contributed by atoms with E-state index in [9.17, 15) is 0 Å². The molecule has 0 rings (SSSR count). The Morgan fingerprint density at radius 2 is 1.09 bits per heavy atom. The Hall–Kier alpha value is 0.250. The van der Waals surface area contributed by atoms with Gasteiger partial charge in [0.05, 0.1) is 0 Å². The van der Waals surface area contributed by atoms with Crippen molar-refractivity contribution >= 4 is 11.6 Å². The minimum atomic E-state index is 0. The normalized spacial score (nSPS) is 13.0. The van der Waals surface area contributed by atoms with Crippen LogP contribution in [0.2, 0.25) is 0 Å². The predicted molar refractivity (Wildman–Crippen MR) is 104 cm³/mol. The fourth-order valence-electron chi connectivity index (χ4n) is 3.40. The number of rotatable bonds is 15. The third-order valence-electron chi connectivity index (χ3n) is 4.94. The lowest BCUT2D eigenvalue weighted by molar-refractivity contribution is 0.268. The van der Waals surface area contributed by atoms with Gasteiger partial charge in [-0.3, -0.25) is 0 Å². The Bertz CT molecular complexity index is 210. The maximum absolute atomic E-state index is 7.21. The van der Waals surface area contributed by atoms with Gasteiger partial charge in [0, 0.05) is 4.87 Å². The molecule has 22 heavy (non-hydrogen) atoms. The van der Waals surface area contributed by atoms with Gasteiger partial charge in [0.2, 0.25) is 0 Å². The molecule has 1 unspecified atom stereocenters. The Balaban J connectivity index is 0. The number of halogens is 1. The molecule has 2 heteroatoms. The van der Waals surface area contributed by atoms with E-state index in [2.05, 4.69) is 27.7 Å². The van der Waals surface area contributed by atoms with Crippen molar-refractivity contribution in [3.8, 4) is 0 Å². The van der Waals surface area contributed by atoms with Crippen molar-refractivity contribution < 1.29 is 0 Å². The van der Waals surface area contributed by atoms with Gasteiger partial charge in [-0.05, 0) is 31.6 Å². The summed E-state index contributed by atoms with van der Waals surface area (Å²) in [5, 5.41) is 0. The van der Waals surface area contributed by atoms with Gasteiger partial charge in [0.15, 0.2) is 0 Å². The van der Waals surface area contributed by atoms with Crippen LogP contribution in [0.25, 0.3) is 0 Å². The second-order valence-corrected chi connectivity index (χ2v) is 7.68. The topological polar surface area (TPSA) is 35.0 Å². The molecule has 0 aliphatic carbocycles. The molecule has 0 heterocycles. The van der Waals surface area contributed by atoms with Gasteiger partial charge >= 0.3 is 0 Å². The van der Waals surface area contributed by atoms with E-state index in [0.717, 1.165) is 5.92 Å². The van der Waals surface area contributed by atoms with E-state index in [-0.39, 0.29) is 11.0 Å². The zero-order valence-electron chi connectivity index (χ0n) is 16.1. The van der Waals surface area contributed by atoms with Crippen LogP contribution in [0.3, 0.4) is 0 Å². The van der Waals surface area contributed by atoms with Crippen molar-refractivity contribution in [2.24, 2.45) is 5.92 Å². The molecule has 0 aliphatic rings. The van der Waals surface area contributed by atoms with Crippen molar-refractivity contribution in [2.45, 2.75) is 122 Å². The van der Waals surface area contributed by atoms with Crippen molar-refractivity contribution in [3.05, 3.63) is 0 Å². The van der Waals surface area contributed by atoms with E-state index in [1.54, 1.807) is 0 Å². The molecule has 0 fully saturated rings. The van der Waals surface area contributed by atoms with Crippen molar-refractivity contribution in [1.29, 1.82) is 0 Å². The molecule has 0 saturated heterocycles. The molecule has 0 aromatic rings. The van der Waals surface area contributed by atoms with Crippen molar-refractivity contribution in [1.82, 2.24) is 6.15 Å². The van der Waals surface area contributed by atoms with Crippen LogP contribution >= 0.6 is 11.6 Å². The molecule has 0 aromatic carbocycles. The van der Waals surface area contributed by atoms with Crippen molar-refractivity contribution in [3.63, 3.8) is 0 Å². The maximum Gasteiger partial charge on any atom is 0.0475 e. The number of hydrogen-bond acceptors (Lipinski definition) is 1. The molecule has 1 atom stereocenters. The summed E-state index contributed by atoms with van der Waals surface area (Å²) in [6.45, 7) is 9.18. The van der Waals surface area contributed by atoms with Gasteiger partial charge in [-0.25, -0.2) is 0 Å². The second-order valence-electron chi connectivity index (χ2n) is 6.93. The first kappa shape index (κ1) is 24.5. The Morgan fingerprint density at radius 3 is 1.55 bits per heavy atom. The van der Waals surface area contributed by atoms with Gasteiger partial charge in [-0.15, -0.1) is 11.6 Å². The molecule has 0 amide bonds. The summed E-state index contributed by atoms with van der Waals surface area (Å²) in [7, 11) is 0. The molecular formula is C20H44ClN. The highest BCUT2D eigenvalue weighted by atomic mass is 35.5. The summed E-state index contributed by atoms with van der Waals surface area (Å²) in [5.41, 5.74) is 0. The fourth-order valence-corrected chi connectivity index (χ4v) is 3.89. The van der Waals surface area contributed by atoms with E-state index < -0.39 is 0 Å². The smallest absolute Gasteiger partial charge is 0.0475 e. The minimum absolute atomic E-state index is 0. The summed E-state index contributed by atoms with van der Waals surface area (Å²) in [5.74, 6) is 0.745.